The molecule has 0 aliphatic carbocycles. The molecule has 0 aliphatic heterocycles. The lowest BCUT2D eigenvalue weighted by molar-refractivity contribution is -0.119. The van der Waals surface area contributed by atoms with Crippen LogP contribution in [-0.2, 0) is 27.0 Å². The van der Waals surface area contributed by atoms with E-state index in [1.165, 1.54) is 12.3 Å². The van der Waals surface area contributed by atoms with Crippen molar-refractivity contribution < 1.29 is 26.5 Å². The van der Waals surface area contributed by atoms with E-state index in [1.54, 1.807) is 0 Å². The third-order valence-electron chi connectivity index (χ3n) is 2.96. The van der Waals surface area contributed by atoms with Crippen LogP contribution in [0.3, 0.4) is 0 Å². The summed E-state index contributed by atoms with van der Waals surface area (Å²) in [6, 6.07) is 4.43. The number of nitrogens with zero attached hydrogens (tertiary/aromatic N) is 1. The Kier molecular flexibility index (Phi) is 5.43. The molecule has 0 saturated carbocycles. The van der Waals surface area contributed by atoms with Gasteiger partial charge in [0.2, 0.25) is 15.9 Å². The zero-order valence-electron chi connectivity index (χ0n) is 12.0. The number of sulfonamides is 1. The SMILES string of the molecule is O=C(CCCc1cc(F)ccc1F)NS(=O)(=O)Cc1ccon1. The van der Waals surface area contributed by atoms with Crippen LogP contribution in [0.1, 0.15) is 24.1 Å². The van der Waals surface area contributed by atoms with Crippen LogP contribution in [0.2, 0.25) is 0 Å². The second-order valence-electron chi connectivity index (χ2n) is 4.86. The van der Waals surface area contributed by atoms with Crippen molar-refractivity contribution in [1.29, 1.82) is 0 Å². The quantitative estimate of drug-likeness (QED) is 0.829. The predicted molar refractivity (Wildman–Crippen MR) is 76.6 cm³/mol. The summed E-state index contributed by atoms with van der Waals surface area (Å²) < 4.78 is 56.2. The van der Waals surface area contributed by atoms with Gasteiger partial charge in [0, 0.05) is 12.5 Å². The Balaban J connectivity index is 1.82. The van der Waals surface area contributed by atoms with E-state index in [0.717, 1.165) is 18.2 Å². The van der Waals surface area contributed by atoms with Gasteiger partial charge in [-0.1, -0.05) is 5.16 Å². The van der Waals surface area contributed by atoms with Crippen molar-refractivity contribution in [2.24, 2.45) is 0 Å². The maximum absolute atomic E-state index is 13.4. The van der Waals surface area contributed by atoms with Crippen LogP contribution >= 0.6 is 0 Å². The van der Waals surface area contributed by atoms with Gasteiger partial charge in [-0.2, -0.15) is 0 Å². The van der Waals surface area contributed by atoms with Crippen LogP contribution in [0.5, 0.6) is 0 Å². The molecule has 0 aliphatic rings. The number of carbonyl (C=O) groups is 1. The normalized spacial score (nSPS) is 11.4. The lowest BCUT2D eigenvalue weighted by Crippen LogP contribution is -2.31. The molecule has 9 heteroatoms. The number of benzene rings is 1. The fourth-order valence-corrected chi connectivity index (χ4v) is 3.00. The molecule has 1 N–H and O–H groups in total. The molecule has 0 saturated heterocycles. The molecular formula is C14H14F2N2O4S. The number of nitrogens with one attached hydrogen (secondary N) is 1. The minimum atomic E-state index is -3.87. The number of halogens is 2. The van der Waals surface area contributed by atoms with Crippen LogP contribution < -0.4 is 4.72 Å². The first-order chi connectivity index (χ1) is 10.9. The molecule has 23 heavy (non-hydrogen) atoms. The van der Waals surface area contributed by atoms with Gasteiger partial charge in [0.1, 0.15) is 29.3 Å². The van der Waals surface area contributed by atoms with Crippen LogP contribution in [0.15, 0.2) is 35.1 Å². The molecule has 0 fully saturated rings. The van der Waals surface area contributed by atoms with E-state index in [-0.39, 0.29) is 30.5 Å². The molecule has 0 atom stereocenters. The number of carbonyl (C=O) groups excluding carboxylic acids is 1. The molecule has 1 aromatic carbocycles. The first-order valence-electron chi connectivity index (χ1n) is 6.72. The van der Waals surface area contributed by atoms with Crippen LogP contribution in [0, 0.1) is 11.6 Å². The van der Waals surface area contributed by atoms with Gasteiger partial charge in [0.05, 0.1) is 0 Å². The summed E-state index contributed by atoms with van der Waals surface area (Å²) in [5.41, 5.74) is 0.315. The fraction of sp³-hybridized carbons (Fsp3) is 0.286. The van der Waals surface area contributed by atoms with Crippen molar-refractivity contribution in [1.82, 2.24) is 9.88 Å². The maximum atomic E-state index is 13.4. The molecule has 124 valence electrons. The summed E-state index contributed by atoms with van der Waals surface area (Å²) in [6.45, 7) is 0. The second kappa shape index (κ2) is 7.32. The van der Waals surface area contributed by atoms with Crippen molar-refractivity contribution in [3.05, 3.63) is 53.4 Å². The Labute approximate surface area is 131 Å². The summed E-state index contributed by atoms with van der Waals surface area (Å²) in [4.78, 5) is 11.6. The average Bonchev–Trinajstić information content (AvgIpc) is 2.94. The van der Waals surface area contributed by atoms with E-state index in [0.29, 0.717) is 0 Å². The van der Waals surface area contributed by atoms with E-state index in [2.05, 4.69) is 9.68 Å². The number of hydrogen-bond donors (Lipinski definition) is 1. The highest BCUT2D eigenvalue weighted by Crippen LogP contribution is 2.12. The van der Waals surface area contributed by atoms with E-state index >= 15 is 0 Å². The van der Waals surface area contributed by atoms with Gasteiger partial charge in [0.15, 0.2) is 0 Å². The third-order valence-corrected chi connectivity index (χ3v) is 4.17. The first kappa shape index (κ1) is 17.1. The van der Waals surface area contributed by atoms with Gasteiger partial charge in [-0.25, -0.2) is 17.2 Å². The van der Waals surface area contributed by atoms with Crippen molar-refractivity contribution in [2.75, 3.05) is 0 Å². The van der Waals surface area contributed by atoms with Gasteiger partial charge in [0.25, 0.3) is 0 Å². The number of amides is 1. The summed E-state index contributed by atoms with van der Waals surface area (Å²) in [7, 11) is -3.87. The maximum Gasteiger partial charge on any atom is 0.240 e. The summed E-state index contributed by atoms with van der Waals surface area (Å²) in [5.74, 6) is -2.33. The Bertz CT molecular complexity index is 776. The number of rotatable bonds is 7. The number of aromatic nitrogens is 1. The Morgan fingerprint density at radius 1 is 1.26 bits per heavy atom. The molecule has 0 bridgehead atoms. The highest BCUT2D eigenvalue weighted by atomic mass is 32.2. The standard InChI is InChI=1S/C14H14F2N2O4S/c15-11-4-5-13(16)10(8-11)2-1-3-14(19)18-23(20,21)9-12-6-7-22-17-12/h4-8H,1-3,9H2,(H,18,19). The summed E-state index contributed by atoms with van der Waals surface area (Å²) >= 11 is 0. The predicted octanol–water partition coefficient (Wildman–Crippen LogP) is 1.92. The molecule has 1 heterocycles. The zero-order valence-corrected chi connectivity index (χ0v) is 12.8. The summed E-state index contributed by atoms with van der Waals surface area (Å²) in [5, 5.41) is 3.45. The van der Waals surface area contributed by atoms with Crippen LogP contribution in [0.4, 0.5) is 8.78 Å². The molecule has 0 unspecified atom stereocenters. The van der Waals surface area contributed by atoms with Crippen LogP contribution in [-0.4, -0.2) is 19.5 Å². The van der Waals surface area contributed by atoms with Gasteiger partial charge >= 0.3 is 0 Å². The van der Waals surface area contributed by atoms with Gasteiger partial charge in [-0.15, -0.1) is 0 Å². The molecule has 2 aromatic rings. The average molecular weight is 344 g/mol. The summed E-state index contributed by atoms with van der Waals surface area (Å²) in [6.07, 6.45) is 1.40. The Morgan fingerprint density at radius 2 is 2.04 bits per heavy atom. The smallest absolute Gasteiger partial charge is 0.240 e. The topological polar surface area (TPSA) is 89.3 Å². The molecular weight excluding hydrogens is 330 g/mol. The molecule has 1 aromatic heterocycles. The highest BCUT2D eigenvalue weighted by Gasteiger charge is 2.17. The van der Waals surface area contributed by atoms with E-state index in [1.807, 2.05) is 4.72 Å². The second-order valence-corrected chi connectivity index (χ2v) is 6.59. The van der Waals surface area contributed by atoms with E-state index in [4.69, 9.17) is 0 Å². The molecule has 0 spiro atoms. The van der Waals surface area contributed by atoms with Crippen LogP contribution in [0.25, 0.3) is 0 Å². The van der Waals surface area contributed by atoms with Crippen molar-refractivity contribution in [3.63, 3.8) is 0 Å². The van der Waals surface area contributed by atoms with Crippen molar-refractivity contribution >= 4 is 15.9 Å². The minimum absolute atomic E-state index is 0.125. The van der Waals surface area contributed by atoms with E-state index < -0.39 is 33.3 Å². The van der Waals surface area contributed by atoms with E-state index in [9.17, 15) is 22.0 Å². The number of aryl methyl sites for hydroxylation is 1. The van der Waals surface area contributed by atoms with Gasteiger partial charge in [-0.3, -0.25) is 9.52 Å². The Morgan fingerprint density at radius 3 is 2.74 bits per heavy atom. The minimum Gasteiger partial charge on any atom is -0.364 e. The zero-order chi connectivity index (χ0) is 16.9. The lowest BCUT2D eigenvalue weighted by Gasteiger charge is -2.06. The van der Waals surface area contributed by atoms with Crippen molar-refractivity contribution in [2.45, 2.75) is 25.0 Å². The fourth-order valence-electron chi connectivity index (χ4n) is 1.94. The lowest BCUT2D eigenvalue weighted by atomic mass is 10.1. The largest absolute Gasteiger partial charge is 0.364 e. The monoisotopic (exact) mass is 344 g/mol. The first-order valence-corrected chi connectivity index (χ1v) is 8.37. The van der Waals surface area contributed by atoms with Crippen molar-refractivity contribution in [3.8, 4) is 0 Å². The molecule has 1 amide bonds. The third kappa shape index (κ3) is 5.44. The van der Waals surface area contributed by atoms with Gasteiger partial charge < -0.3 is 4.52 Å². The highest BCUT2D eigenvalue weighted by molar-refractivity contribution is 7.89. The Hall–Kier alpha value is -2.29. The molecule has 2 rings (SSSR count). The number of hydrogen-bond acceptors (Lipinski definition) is 5. The van der Waals surface area contributed by atoms with Gasteiger partial charge in [-0.05, 0) is 36.6 Å². The molecule has 0 radical (unpaired) electrons. The molecule has 6 nitrogen and oxygen atoms in total.